The average Bonchev–Trinajstić information content (AvgIpc) is 2.16. The van der Waals surface area contributed by atoms with Crippen LogP contribution in [0.4, 0.5) is 0 Å². The molecule has 0 aromatic rings. The van der Waals surface area contributed by atoms with E-state index < -0.39 is 0 Å². The summed E-state index contributed by atoms with van der Waals surface area (Å²) in [6.07, 6.45) is 2.39. The predicted octanol–water partition coefficient (Wildman–Crippen LogP) is 1.98. The zero-order valence-electron chi connectivity index (χ0n) is 10.0. The lowest BCUT2D eigenvalue weighted by Crippen LogP contribution is -2.35. The van der Waals surface area contributed by atoms with Crippen LogP contribution in [0, 0.1) is 11.8 Å². The van der Waals surface area contributed by atoms with E-state index in [0.717, 1.165) is 13.1 Å². The van der Waals surface area contributed by atoms with Crippen molar-refractivity contribution >= 4 is 5.96 Å². The van der Waals surface area contributed by atoms with Gasteiger partial charge >= 0.3 is 0 Å². The molecule has 3 heteroatoms. The molecule has 0 rings (SSSR count). The summed E-state index contributed by atoms with van der Waals surface area (Å²) in [7, 11) is 0. The highest BCUT2D eigenvalue weighted by Crippen LogP contribution is 2.04. The zero-order valence-corrected chi connectivity index (χ0v) is 10.0. The number of aliphatic imine (C=N–C) groups is 1. The minimum Gasteiger partial charge on any atom is -0.370 e. The first-order valence-corrected chi connectivity index (χ1v) is 5.63. The number of hydrogen-bond acceptors (Lipinski definition) is 1. The summed E-state index contributed by atoms with van der Waals surface area (Å²) in [4.78, 5) is 4.25. The molecule has 0 aliphatic heterocycles. The van der Waals surface area contributed by atoms with E-state index in [2.05, 4.69) is 38.0 Å². The summed E-state index contributed by atoms with van der Waals surface area (Å²) < 4.78 is 0. The Morgan fingerprint density at radius 2 is 1.86 bits per heavy atom. The molecule has 0 amide bonds. The van der Waals surface area contributed by atoms with Crippen LogP contribution in [0.15, 0.2) is 4.99 Å². The molecule has 0 aliphatic rings. The molecule has 3 nitrogen and oxygen atoms in total. The Hall–Kier alpha value is -0.730. The Labute approximate surface area is 88.2 Å². The molecule has 0 aromatic heterocycles. The molecule has 0 saturated carbocycles. The van der Waals surface area contributed by atoms with Gasteiger partial charge in [-0.2, -0.15) is 0 Å². The van der Waals surface area contributed by atoms with Gasteiger partial charge in [0.2, 0.25) is 0 Å². The van der Waals surface area contributed by atoms with Crippen molar-refractivity contribution in [1.82, 2.24) is 5.32 Å². The lowest BCUT2D eigenvalue weighted by atomic mass is 10.0. The second-order valence-electron chi connectivity index (χ2n) is 4.18. The van der Waals surface area contributed by atoms with Crippen molar-refractivity contribution in [3.05, 3.63) is 0 Å². The second kappa shape index (κ2) is 7.65. The van der Waals surface area contributed by atoms with E-state index in [9.17, 15) is 0 Å². The number of rotatable bonds is 6. The van der Waals surface area contributed by atoms with E-state index in [-0.39, 0.29) is 0 Å². The lowest BCUT2D eigenvalue weighted by Gasteiger charge is -2.13. The van der Waals surface area contributed by atoms with Gasteiger partial charge in [-0.3, -0.25) is 4.99 Å². The highest BCUT2D eigenvalue weighted by atomic mass is 15.1. The third-order valence-electron chi connectivity index (χ3n) is 2.35. The molecule has 0 heterocycles. The average molecular weight is 199 g/mol. The van der Waals surface area contributed by atoms with Gasteiger partial charge in [-0.05, 0) is 11.8 Å². The molecular formula is C11H25N3. The minimum atomic E-state index is 0.573. The molecule has 14 heavy (non-hydrogen) atoms. The van der Waals surface area contributed by atoms with Crippen LogP contribution in [0.3, 0.4) is 0 Å². The molecular weight excluding hydrogens is 174 g/mol. The Bertz CT molecular complexity index is 160. The van der Waals surface area contributed by atoms with Crippen LogP contribution in [0.2, 0.25) is 0 Å². The van der Waals surface area contributed by atoms with Gasteiger partial charge in [0.25, 0.3) is 0 Å². The van der Waals surface area contributed by atoms with Crippen molar-refractivity contribution in [2.45, 2.75) is 40.5 Å². The first-order chi connectivity index (χ1) is 6.60. The predicted molar refractivity (Wildman–Crippen MR) is 63.4 cm³/mol. The number of guanidine groups is 1. The molecule has 0 radical (unpaired) electrons. The molecule has 0 fully saturated rings. The quantitative estimate of drug-likeness (QED) is 0.507. The summed E-state index contributed by atoms with van der Waals surface area (Å²) in [6, 6.07) is 0. The Morgan fingerprint density at radius 3 is 2.29 bits per heavy atom. The van der Waals surface area contributed by atoms with Gasteiger partial charge in [-0.25, -0.2) is 0 Å². The van der Waals surface area contributed by atoms with Crippen molar-refractivity contribution in [2.75, 3.05) is 13.1 Å². The van der Waals surface area contributed by atoms with E-state index in [1.54, 1.807) is 0 Å². The van der Waals surface area contributed by atoms with Gasteiger partial charge in [0.1, 0.15) is 0 Å². The number of nitrogens with one attached hydrogen (secondary N) is 1. The van der Waals surface area contributed by atoms with E-state index in [0.29, 0.717) is 17.8 Å². The minimum absolute atomic E-state index is 0.573. The lowest BCUT2D eigenvalue weighted by molar-refractivity contribution is 0.483. The number of hydrogen-bond donors (Lipinski definition) is 2. The van der Waals surface area contributed by atoms with E-state index in [4.69, 9.17) is 5.73 Å². The van der Waals surface area contributed by atoms with Crippen LogP contribution < -0.4 is 11.1 Å². The van der Waals surface area contributed by atoms with E-state index in [1.165, 1.54) is 12.8 Å². The van der Waals surface area contributed by atoms with Crippen LogP contribution in [0.1, 0.15) is 40.5 Å². The summed E-state index contributed by atoms with van der Waals surface area (Å²) in [5.74, 6) is 1.87. The maximum absolute atomic E-state index is 5.72. The largest absolute Gasteiger partial charge is 0.370 e. The monoisotopic (exact) mass is 199 g/mol. The van der Waals surface area contributed by atoms with Crippen molar-refractivity contribution in [1.29, 1.82) is 0 Å². The molecule has 0 spiro atoms. The van der Waals surface area contributed by atoms with Crippen LogP contribution in [0.25, 0.3) is 0 Å². The zero-order chi connectivity index (χ0) is 11.0. The standard InChI is InChI=1S/C11H25N3/c1-5-10(6-2)8-14-11(12)13-7-9(3)4/h9-10H,5-8H2,1-4H3,(H3,12,13,14). The molecule has 0 atom stereocenters. The van der Waals surface area contributed by atoms with Crippen molar-refractivity contribution in [3.63, 3.8) is 0 Å². The van der Waals surface area contributed by atoms with Crippen molar-refractivity contribution in [2.24, 2.45) is 22.6 Å². The van der Waals surface area contributed by atoms with Gasteiger partial charge in [0.05, 0.1) is 0 Å². The maximum atomic E-state index is 5.72. The maximum Gasteiger partial charge on any atom is 0.188 e. The fourth-order valence-corrected chi connectivity index (χ4v) is 1.16. The van der Waals surface area contributed by atoms with Crippen molar-refractivity contribution in [3.8, 4) is 0 Å². The van der Waals surface area contributed by atoms with Crippen LogP contribution in [-0.4, -0.2) is 19.0 Å². The third-order valence-corrected chi connectivity index (χ3v) is 2.35. The molecule has 3 N–H and O–H groups in total. The normalized spacial score (nSPS) is 12.6. The first-order valence-electron chi connectivity index (χ1n) is 5.63. The molecule has 0 bridgehead atoms. The SMILES string of the molecule is CCC(CC)CNC(N)=NCC(C)C. The van der Waals surface area contributed by atoms with E-state index in [1.807, 2.05) is 0 Å². The summed E-state index contributed by atoms with van der Waals surface area (Å²) in [6.45, 7) is 10.4. The third kappa shape index (κ3) is 6.75. The van der Waals surface area contributed by atoms with Crippen LogP contribution in [-0.2, 0) is 0 Å². The Kier molecular flexibility index (Phi) is 7.25. The van der Waals surface area contributed by atoms with Gasteiger partial charge in [-0.15, -0.1) is 0 Å². The molecule has 0 aromatic carbocycles. The summed E-state index contributed by atoms with van der Waals surface area (Å²) in [5.41, 5.74) is 5.72. The second-order valence-corrected chi connectivity index (χ2v) is 4.18. The Morgan fingerprint density at radius 1 is 1.29 bits per heavy atom. The smallest absolute Gasteiger partial charge is 0.188 e. The fraction of sp³-hybridized carbons (Fsp3) is 0.909. The highest BCUT2D eigenvalue weighted by molar-refractivity contribution is 5.77. The van der Waals surface area contributed by atoms with Gasteiger partial charge in [0.15, 0.2) is 5.96 Å². The van der Waals surface area contributed by atoms with Gasteiger partial charge < -0.3 is 11.1 Å². The van der Waals surface area contributed by atoms with Crippen molar-refractivity contribution < 1.29 is 0 Å². The molecule has 0 saturated heterocycles. The fourth-order valence-electron chi connectivity index (χ4n) is 1.16. The number of nitrogens with zero attached hydrogens (tertiary/aromatic N) is 1. The Balaban J connectivity index is 3.71. The van der Waals surface area contributed by atoms with Crippen LogP contribution >= 0.6 is 0 Å². The summed E-state index contributed by atoms with van der Waals surface area (Å²) in [5, 5.41) is 3.17. The topological polar surface area (TPSA) is 50.4 Å². The van der Waals surface area contributed by atoms with E-state index >= 15 is 0 Å². The van der Waals surface area contributed by atoms with Crippen LogP contribution in [0.5, 0.6) is 0 Å². The molecule has 0 unspecified atom stereocenters. The molecule has 84 valence electrons. The van der Waals surface area contributed by atoms with Gasteiger partial charge in [-0.1, -0.05) is 40.5 Å². The molecule has 0 aliphatic carbocycles. The van der Waals surface area contributed by atoms with Gasteiger partial charge in [0, 0.05) is 13.1 Å². The highest BCUT2D eigenvalue weighted by Gasteiger charge is 2.02. The first kappa shape index (κ1) is 13.3. The summed E-state index contributed by atoms with van der Waals surface area (Å²) >= 11 is 0. The number of nitrogens with two attached hydrogens (primary N) is 1.